The average Bonchev–Trinajstić information content (AvgIpc) is 2.34. The number of nitrogens with one attached hydrogen (secondary N) is 1. The summed E-state index contributed by atoms with van der Waals surface area (Å²) in [7, 11) is 0. The minimum atomic E-state index is 0.587. The summed E-state index contributed by atoms with van der Waals surface area (Å²) in [5, 5.41) is 3.46. The van der Waals surface area contributed by atoms with Gasteiger partial charge in [0.25, 0.3) is 0 Å². The number of unbranched alkanes of at least 4 members (excludes halogenated alkanes) is 1. The van der Waals surface area contributed by atoms with Crippen molar-refractivity contribution in [3.05, 3.63) is 28.7 Å². The Morgan fingerprint density at radius 1 is 1.29 bits per heavy atom. The summed E-state index contributed by atoms with van der Waals surface area (Å²) >= 11 is 3.40. The molecule has 17 heavy (non-hydrogen) atoms. The number of rotatable bonds is 8. The Balaban J connectivity index is 2.09. The van der Waals surface area contributed by atoms with Crippen LogP contribution in [0, 0.1) is 0 Å². The first-order valence-electron chi connectivity index (χ1n) is 6.34. The highest BCUT2D eigenvalue weighted by Gasteiger charge is 1.99. The normalized spacial score (nSPS) is 12.4. The van der Waals surface area contributed by atoms with Crippen molar-refractivity contribution >= 4 is 15.9 Å². The first kappa shape index (κ1) is 14.5. The summed E-state index contributed by atoms with van der Waals surface area (Å²) in [6, 6.07) is 8.53. The molecule has 2 nitrogen and oxygen atoms in total. The van der Waals surface area contributed by atoms with E-state index in [4.69, 9.17) is 4.74 Å². The zero-order valence-electron chi connectivity index (χ0n) is 10.7. The lowest BCUT2D eigenvalue weighted by atomic mass is 10.1. The smallest absolute Gasteiger partial charge is 0.119 e. The topological polar surface area (TPSA) is 21.3 Å². The molecule has 96 valence electrons. The minimum Gasteiger partial charge on any atom is -0.492 e. The molecule has 0 amide bonds. The Labute approximate surface area is 113 Å². The monoisotopic (exact) mass is 299 g/mol. The second-order valence-electron chi connectivity index (χ2n) is 4.30. The summed E-state index contributed by atoms with van der Waals surface area (Å²) in [6.07, 6.45) is 3.80. The van der Waals surface area contributed by atoms with Gasteiger partial charge in [0.2, 0.25) is 0 Å². The van der Waals surface area contributed by atoms with Crippen LogP contribution in [0.25, 0.3) is 0 Å². The SMILES string of the molecule is CCCCC(C)NCCOc1ccc(Br)cc1. The second-order valence-corrected chi connectivity index (χ2v) is 5.22. The highest BCUT2D eigenvalue weighted by molar-refractivity contribution is 9.10. The predicted molar refractivity (Wildman–Crippen MR) is 76.6 cm³/mol. The van der Waals surface area contributed by atoms with Crippen LogP contribution in [0.5, 0.6) is 5.75 Å². The molecule has 1 atom stereocenters. The highest BCUT2D eigenvalue weighted by atomic mass is 79.9. The minimum absolute atomic E-state index is 0.587. The van der Waals surface area contributed by atoms with E-state index in [0.717, 1.165) is 23.4 Å². The molecule has 3 heteroatoms. The van der Waals surface area contributed by atoms with Gasteiger partial charge in [0, 0.05) is 17.1 Å². The van der Waals surface area contributed by atoms with Gasteiger partial charge in [0.1, 0.15) is 12.4 Å². The van der Waals surface area contributed by atoms with Crippen molar-refractivity contribution < 1.29 is 4.74 Å². The molecule has 1 unspecified atom stereocenters. The number of halogens is 1. The molecule has 1 N–H and O–H groups in total. The maximum atomic E-state index is 5.63. The third-order valence-electron chi connectivity index (χ3n) is 2.67. The standard InChI is InChI=1S/C14H22BrNO/c1-3-4-5-12(2)16-10-11-17-14-8-6-13(15)7-9-14/h6-9,12,16H,3-5,10-11H2,1-2H3. The van der Waals surface area contributed by atoms with Crippen molar-refractivity contribution in [3.8, 4) is 5.75 Å². The lowest BCUT2D eigenvalue weighted by Crippen LogP contribution is -2.30. The van der Waals surface area contributed by atoms with Crippen molar-refractivity contribution in [1.82, 2.24) is 5.32 Å². The molecule has 0 aliphatic heterocycles. The largest absolute Gasteiger partial charge is 0.492 e. The summed E-state index contributed by atoms with van der Waals surface area (Å²) in [6.45, 7) is 6.08. The van der Waals surface area contributed by atoms with Gasteiger partial charge >= 0.3 is 0 Å². The van der Waals surface area contributed by atoms with Crippen LogP contribution in [0.2, 0.25) is 0 Å². The fourth-order valence-corrected chi connectivity index (χ4v) is 1.88. The number of hydrogen-bond acceptors (Lipinski definition) is 2. The maximum absolute atomic E-state index is 5.63. The molecule has 0 fully saturated rings. The van der Waals surface area contributed by atoms with Crippen molar-refractivity contribution in [3.63, 3.8) is 0 Å². The van der Waals surface area contributed by atoms with Crippen LogP contribution in [0.3, 0.4) is 0 Å². The molecule has 0 radical (unpaired) electrons. The van der Waals surface area contributed by atoms with Gasteiger partial charge in [-0.3, -0.25) is 0 Å². The Bertz CT molecular complexity index is 300. The van der Waals surface area contributed by atoms with Crippen LogP contribution in [0.15, 0.2) is 28.7 Å². The van der Waals surface area contributed by atoms with E-state index in [1.165, 1.54) is 19.3 Å². The molecule has 0 saturated heterocycles. The van der Waals surface area contributed by atoms with E-state index in [1.54, 1.807) is 0 Å². The number of ether oxygens (including phenoxy) is 1. The zero-order valence-corrected chi connectivity index (χ0v) is 12.3. The van der Waals surface area contributed by atoms with Crippen molar-refractivity contribution in [1.29, 1.82) is 0 Å². The maximum Gasteiger partial charge on any atom is 0.119 e. The van der Waals surface area contributed by atoms with E-state index in [0.29, 0.717) is 6.04 Å². The Morgan fingerprint density at radius 3 is 2.65 bits per heavy atom. The van der Waals surface area contributed by atoms with Crippen molar-refractivity contribution in [2.24, 2.45) is 0 Å². The van der Waals surface area contributed by atoms with Gasteiger partial charge in [-0.05, 0) is 37.6 Å². The summed E-state index contributed by atoms with van der Waals surface area (Å²) in [4.78, 5) is 0. The highest BCUT2D eigenvalue weighted by Crippen LogP contribution is 2.15. The number of benzene rings is 1. The predicted octanol–water partition coefficient (Wildman–Crippen LogP) is 4.00. The molecule has 0 spiro atoms. The Kier molecular flexibility index (Phi) is 7.29. The van der Waals surface area contributed by atoms with Crippen molar-refractivity contribution in [2.75, 3.05) is 13.2 Å². The summed E-state index contributed by atoms with van der Waals surface area (Å²) in [5.74, 6) is 0.927. The van der Waals surface area contributed by atoms with Gasteiger partial charge in [-0.2, -0.15) is 0 Å². The fraction of sp³-hybridized carbons (Fsp3) is 0.571. The average molecular weight is 300 g/mol. The zero-order chi connectivity index (χ0) is 12.5. The Hall–Kier alpha value is -0.540. The van der Waals surface area contributed by atoms with Gasteiger partial charge < -0.3 is 10.1 Å². The van der Waals surface area contributed by atoms with Gasteiger partial charge in [-0.25, -0.2) is 0 Å². The van der Waals surface area contributed by atoms with Crippen LogP contribution >= 0.6 is 15.9 Å². The van der Waals surface area contributed by atoms with E-state index in [-0.39, 0.29) is 0 Å². The van der Waals surface area contributed by atoms with Crippen LogP contribution < -0.4 is 10.1 Å². The van der Waals surface area contributed by atoms with Crippen LogP contribution in [-0.4, -0.2) is 19.2 Å². The van der Waals surface area contributed by atoms with E-state index >= 15 is 0 Å². The molecule has 0 aliphatic rings. The number of hydrogen-bond donors (Lipinski definition) is 1. The van der Waals surface area contributed by atoms with E-state index in [9.17, 15) is 0 Å². The molecule has 0 aliphatic carbocycles. The van der Waals surface area contributed by atoms with Crippen LogP contribution in [0.4, 0.5) is 0 Å². The van der Waals surface area contributed by atoms with Gasteiger partial charge in [0.15, 0.2) is 0 Å². The van der Waals surface area contributed by atoms with Gasteiger partial charge in [-0.15, -0.1) is 0 Å². The molecular formula is C14H22BrNO. The van der Waals surface area contributed by atoms with Gasteiger partial charge in [0.05, 0.1) is 0 Å². The molecule has 0 saturated carbocycles. The Morgan fingerprint density at radius 2 is 2.00 bits per heavy atom. The molecule has 1 aromatic carbocycles. The van der Waals surface area contributed by atoms with Gasteiger partial charge in [-0.1, -0.05) is 35.7 Å². The quantitative estimate of drug-likeness (QED) is 0.733. The molecule has 0 heterocycles. The lowest BCUT2D eigenvalue weighted by molar-refractivity contribution is 0.304. The van der Waals surface area contributed by atoms with Crippen LogP contribution in [-0.2, 0) is 0 Å². The first-order valence-corrected chi connectivity index (χ1v) is 7.13. The van der Waals surface area contributed by atoms with Crippen molar-refractivity contribution in [2.45, 2.75) is 39.2 Å². The van der Waals surface area contributed by atoms with E-state index in [2.05, 4.69) is 35.1 Å². The van der Waals surface area contributed by atoms with E-state index in [1.807, 2.05) is 24.3 Å². The summed E-state index contributed by atoms with van der Waals surface area (Å²) < 4.78 is 6.71. The molecule has 0 aromatic heterocycles. The molecule has 1 rings (SSSR count). The third kappa shape index (κ3) is 6.69. The molecular weight excluding hydrogens is 278 g/mol. The molecule has 1 aromatic rings. The lowest BCUT2D eigenvalue weighted by Gasteiger charge is -2.13. The fourth-order valence-electron chi connectivity index (χ4n) is 1.62. The molecule has 0 bridgehead atoms. The second kappa shape index (κ2) is 8.54. The van der Waals surface area contributed by atoms with E-state index < -0.39 is 0 Å². The third-order valence-corrected chi connectivity index (χ3v) is 3.20. The first-order chi connectivity index (χ1) is 8.22. The van der Waals surface area contributed by atoms with Crippen LogP contribution in [0.1, 0.15) is 33.1 Å². The summed E-state index contributed by atoms with van der Waals surface area (Å²) in [5.41, 5.74) is 0.